The van der Waals surface area contributed by atoms with Gasteiger partial charge in [-0.2, -0.15) is 0 Å². The van der Waals surface area contributed by atoms with Crippen LogP contribution in [0.3, 0.4) is 0 Å². The molecule has 0 spiro atoms. The fourth-order valence-corrected chi connectivity index (χ4v) is 0.397. The fourth-order valence-electron chi connectivity index (χ4n) is 0.397. The first-order chi connectivity index (χ1) is 5.48. The molecule has 0 heterocycles. The van der Waals surface area contributed by atoms with E-state index in [4.69, 9.17) is 0 Å². The lowest BCUT2D eigenvalue weighted by atomic mass is 9.91. The Morgan fingerprint density at radius 3 is 2.42 bits per heavy atom. The van der Waals surface area contributed by atoms with Crippen LogP contribution in [-0.2, 0) is 9.53 Å². The summed E-state index contributed by atoms with van der Waals surface area (Å²) in [7, 11) is 1.53. The molecule has 0 saturated heterocycles. The van der Waals surface area contributed by atoms with Gasteiger partial charge < -0.3 is 4.74 Å². The summed E-state index contributed by atoms with van der Waals surface area (Å²) in [6, 6.07) is 0. The summed E-state index contributed by atoms with van der Waals surface area (Å²) in [6.45, 7) is 5.51. The van der Waals surface area contributed by atoms with Crippen molar-refractivity contribution in [3.05, 3.63) is 12.3 Å². The number of ketones is 1. The molecule has 0 saturated carbocycles. The van der Waals surface area contributed by atoms with Gasteiger partial charge in [-0.25, -0.2) is 0 Å². The van der Waals surface area contributed by atoms with Crippen LogP contribution in [-0.4, -0.2) is 12.9 Å². The third-order valence-electron chi connectivity index (χ3n) is 1.15. The van der Waals surface area contributed by atoms with Gasteiger partial charge in [-0.1, -0.05) is 26.7 Å². The van der Waals surface area contributed by atoms with E-state index in [9.17, 15) is 4.79 Å². The molecule has 0 aromatic carbocycles. The molecule has 0 aliphatic rings. The van der Waals surface area contributed by atoms with E-state index >= 15 is 0 Å². The number of rotatable bonds is 1. The average Bonchev–Trinajstić information content (AvgIpc) is 1.96. The Morgan fingerprint density at radius 1 is 1.42 bits per heavy atom. The molecule has 0 bridgehead atoms. The number of Topliss-reactive ketones (excluding diaryl/α,β-unsaturated/α-hetero) is 1. The highest BCUT2D eigenvalue weighted by molar-refractivity contribution is 5.99. The Hall–Kier alpha value is -1.23. The van der Waals surface area contributed by atoms with Crippen molar-refractivity contribution in [3.8, 4) is 11.8 Å². The molecule has 12 heavy (non-hydrogen) atoms. The van der Waals surface area contributed by atoms with E-state index in [0.29, 0.717) is 0 Å². The first-order valence-corrected chi connectivity index (χ1v) is 3.72. The molecule has 2 heteroatoms. The van der Waals surface area contributed by atoms with E-state index in [1.54, 1.807) is 0 Å². The summed E-state index contributed by atoms with van der Waals surface area (Å²) < 4.78 is 4.61. The van der Waals surface area contributed by atoms with E-state index in [-0.39, 0.29) is 11.2 Å². The molecule has 0 amide bonds. The van der Waals surface area contributed by atoms with Crippen LogP contribution in [0.1, 0.15) is 20.8 Å². The minimum Gasteiger partial charge on any atom is -0.504 e. The standard InChI is InChI=1S/C10H14O2/c1-10(2,3)9(11)7-5-6-8-12-4/h6,8H,1-4H3/b8-6-. The summed E-state index contributed by atoms with van der Waals surface area (Å²) in [5.74, 6) is 5.02. The van der Waals surface area contributed by atoms with Gasteiger partial charge in [0.1, 0.15) is 0 Å². The van der Waals surface area contributed by atoms with Gasteiger partial charge in [0.05, 0.1) is 13.4 Å². The van der Waals surface area contributed by atoms with Gasteiger partial charge in [0, 0.05) is 11.5 Å². The molecule has 0 rings (SSSR count). The topological polar surface area (TPSA) is 26.3 Å². The molecule has 0 fully saturated rings. The highest BCUT2D eigenvalue weighted by Crippen LogP contribution is 2.13. The molecule has 2 nitrogen and oxygen atoms in total. The number of ether oxygens (including phenoxy) is 1. The molecule has 0 aromatic heterocycles. The smallest absolute Gasteiger partial charge is 0.211 e. The van der Waals surface area contributed by atoms with Crippen LogP contribution in [0.25, 0.3) is 0 Å². The first-order valence-electron chi connectivity index (χ1n) is 3.72. The lowest BCUT2D eigenvalue weighted by molar-refractivity contribution is -0.120. The van der Waals surface area contributed by atoms with Crippen LogP contribution in [0.5, 0.6) is 0 Å². The Bertz CT molecular complexity index is 233. The molecule has 0 aliphatic heterocycles. The maximum atomic E-state index is 11.2. The van der Waals surface area contributed by atoms with Crippen LogP contribution in [0, 0.1) is 17.3 Å². The minimum absolute atomic E-state index is 0.0664. The maximum absolute atomic E-state index is 11.2. The number of carbonyl (C=O) groups excluding carboxylic acids is 1. The minimum atomic E-state index is -0.381. The molecular weight excluding hydrogens is 152 g/mol. The molecular formula is C10H14O2. The zero-order valence-corrected chi connectivity index (χ0v) is 7.97. The predicted molar refractivity (Wildman–Crippen MR) is 48.4 cm³/mol. The quantitative estimate of drug-likeness (QED) is 0.337. The van der Waals surface area contributed by atoms with Crippen LogP contribution in [0.4, 0.5) is 0 Å². The van der Waals surface area contributed by atoms with Crippen molar-refractivity contribution < 1.29 is 9.53 Å². The van der Waals surface area contributed by atoms with Crippen molar-refractivity contribution in [2.45, 2.75) is 20.8 Å². The Balaban J connectivity index is 4.15. The number of methoxy groups -OCH3 is 1. The molecule has 0 atom stereocenters. The summed E-state index contributed by atoms with van der Waals surface area (Å²) in [5, 5.41) is 0. The van der Waals surface area contributed by atoms with Crippen molar-refractivity contribution in [1.29, 1.82) is 0 Å². The summed E-state index contributed by atoms with van der Waals surface area (Å²) >= 11 is 0. The van der Waals surface area contributed by atoms with E-state index in [1.807, 2.05) is 20.8 Å². The summed E-state index contributed by atoms with van der Waals surface area (Å²) in [5.41, 5.74) is -0.381. The van der Waals surface area contributed by atoms with Crippen molar-refractivity contribution in [1.82, 2.24) is 0 Å². The zero-order valence-electron chi connectivity index (χ0n) is 7.97. The van der Waals surface area contributed by atoms with Gasteiger partial charge in [-0.3, -0.25) is 4.79 Å². The van der Waals surface area contributed by atoms with Crippen LogP contribution < -0.4 is 0 Å². The van der Waals surface area contributed by atoms with E-state index < -0.39 is 0 Å². The largest absolute Gasteiger partial charge is 0.504 e. The number of hydrogen-bond acceptors (Lipinski definition) is 2. The van der Waals surface area contributed by atoms with Gasteiger partial charge >= 0.3 is 0 Å². The molecule has 0 N–H and O–H groups in total. The highest BCUT2D eigenvalue weighted by Gasteiger charge is 2.18. The van der Waals surface area contributed by atoms with Crippen molar-refractivity contribution in [2.75, 3.05) is 7.11 Å². The lowest BCUT2D eigenvalue weighted by Gasteiger charge is -2.10. The molecule has 0 unspecified atom stereocenters. The average molecular weight is 166 g/mol. The first kappa shape index (κ1) is 10.8. The third-order valence-corrected chi connectivity index (χ3v) is 1.15. The number of carbonyl (C=O) groups is 1. The highest BCUT2D eigenvalue weighted by atomic mass is 16.5. The van der Waals surface area contributed by atoms with E-state index in [2.05, 4.69) is 16.6 Å². The van der Waals surface area contributed by atoms with Gasteiger partial charge in [-0.15, -0.1) is 0 Å². The molecule has 0 radical (unpaired) electrons. The summed E-state index contributed by atoms with van der Waals surface area (Å²) in [6.07, 6.45) is 2.94. The van der Waals surface area contributed by atoms with Gasteiger partial charge in [0.25, 0.3) is 0 Å². The molecule has 66 valence electrons. The van der Waals surface area contributed by atoms with Crippen molar-refractivity contribution >= 4 is 5.78 Å². The molecule has 0 aliphatic carbocycles. The Labute approximate surface area is 73.6 Å². The Kier molecular flexibility index (Phi) is 4.14. The lowest BCUT2D eigenvalue weighted by Crippen LogP contribution is -2.17. The summed E-state index contributed by atoms with van der Waals surface area (Å²) in [4.78, 5) is 11.2. The van der Waals surface area contributed by atoms with Gasteiger partial charge in [0.2, 0.25) is 5.78 Å². The number of allylic oxidation sites excluding steroid dienone is 1. The van der Waals surface area contributed by atoms with Gasteiger partial charge in [-0.05, 0) is 5.92 Å². The van der Waals surface area contributed by atoms with E-state index in [1.165, 1.54) is 19.4 Å². The zero-order chi connectivity index (χ0) is 9.61. The van der Waals surface area contributed by atoms with Crippen LogP contribution >= 0.6 is 0 Å². The van der Waals surface area contributed by atoms with E-state index in [0.717, 1.165) is 0 Å². The fraction of sp³-hybridized carbons (Fsp3) is 0.500. The normalized spacial score (nSPS) is 10.7. The number of hydrogen-bond donors (Lipinski definition) is 0. The van der Waals surface area contributed by atoms with Crippen LogP contribution in [0.2, 0.25) is 0 Å². The monoisotopic (exact) mass is 166 g/mol. The SMILES string of the molecule is CO/C=C\C#CC(=O)C(C)(C)C. The Morgan fingerprint density at radius 2 is 2.00 bits per heavy atom. The van der Waals surface area contributed by atoms with Gasteiger partial charge in [0.15, 0.2) is 0 Å². The second kappa shape index (κ2) is 4.61. The van der Waals surface area contributed by atoms with Crippen molar-refractivity contribution in [2.24, 2.45) is 5.41 Å². The second-order valence-corrected chi connectivity index (χ2v) is 3.39. The van der Waals surface area contributed by atoms with Crippen molar-refractivity contribution in [3.63, 3.8) is 0 Å². The van der Waals surface area contributed by atoms with Crippen LogP contribution in [0.15, 0.2) is 12.3 Å². The second-order valence-electron chi connectivity index (χ2n) is 3.39. The predicted octanol–water partition coefficient (Wildman–Crippen LogP) is 1.77. The maximum Gasteiger partial charge on any atom is 0.211 e. The third kappa shape index (κ3) is 4.56. The molecule has 0 aromatic rings.